The molecule has 1 aromatic carbocycles. The number of anilines is 2. The molecular formula is C13H15FN2O2S. The van der Waals surface area contributed by atoms with E-state index in [1.807, 2.05) is 11.8 Å². The molecule has 0 spiro atoms. The highest BCUT2D eigenvalue weighted by Gasteiger charge is 2.31. The van der Waals surface area contributed by atoms with E-state index in [1.165, 1.54) is 13.2 Å². The highest BCUT2D eigenvalue weighted by molar-refractivity contribution is 7.99. The standard InChI is InChI=1S/C13H15FN2O2S/c1-18-12-6-11-10(5-9(12)14)15-13(17)4-8-7-19-3-2-16(8)11/h5-6,8H,2-4,7H2,1H3,(H,15,17). The maximum absolute atomic E-state index is 13.8. The van der Waals surface area contributed by atoms with Gasteiger partial charge in [-0.1, -0.05) is 0 Å². The monoisotopic (exact) mass is 282 g/mol. The average Bonchev–Trinajstić information content (AvgIpc) is 2.52. The summed E-state index contributed by atoms with van der Waals surface area (Å²) < 4.78 is 18.8. The van der Waals surface area contributed by atoms with Crippen LogP contribution in [0.5, 0.6) is 5.75 Å². The second-order valence-corrected chi connectivity index (χ2v) is 5.83. The van der Waals surface area contributed by atoms with E-state index >= 15 is 0 Å². The van der Waals surface area contributed by atoms with Crippen LogP contribution in [-0.2, 0) is 4.79 Å². The zero-order valence-electron chi connectivity index (χ0n) is 10.6. The SMILES string of the molecule is COc1cc2c(cc1F)NC(=O)CC1CSCCN21. The quantitative estimate of drug-likeness (QED) is 0.856. The van der Waals surface area contributed by atoms with Crippen LogP contribution in [0.25, 0.3) is 0 Å². The first-order chi connectivity index (χ1) is 9.19. The Morgan fingerprint density at radius 2 is 2.37 bits per heavy atom. The molecule has 102 valence electrons. The van der Waals surface area contributed by atoms with E-state index in [9.17, 15) is 9.18 Å². The lowest BCUT2D eigenvalue weighted by Crippen LogP contribution is -2.42. The lowest BCUT2D eigenvalue weighted by Gasteiger charge is -2.35. The molecule has 1 fully saturated rings. The average molecular weight is 282 g/mol. The van der Waals surface area contributed by atoms with E-state index in [0.717, 1.165) is 23.7 Å². The molecule has 1 aromatic rings. The summed E-state index contributed by atoms with van der Waals surface area (Å²) in [5, 5.41) is 2.79. The third kappa shape index (κ3) is 2.25. The van der Waals surface area contributed by atoms with Gasteiger partial charge >= 0.3 is 0 Å². The summed E-state index contributed by atoms with van der Waals surface area (Å²) in [5.41, 5.74) is 1.40. The van der Waals surface area contributed by atoms with Crippen molar-refractivity contribution in [1.82, 2.24) is 0 Å². The van der Waals surface area contributed by atoms with Crippen LogP contribution in [0, 0.1) is 5.82 Å². The zero-order valence-corrected chi connectivity index (χ0v) is 11.4. The summed E-state index contributed by atoms with van der Waals surface area (Å²) in [7, 11) is 1.45. The Bertz CT molecular complexity index is 524. The number of methoxy groups -OCH3 is 1. The van der Waals surface area contributed by atoms with Gasteiger partial charge in [0, 0.05) is 42.6 Å². The van der Waals surface area contributed by atoms with Gasteiger partial charge in [-0.3, -0.25) is 4.79 Å². The van der Waals surface area contributed by atoms with Crippen LogP contribution >= 0.6 is 11.8 Å². The summed E-state index contributed by atoms with van der Waals surface area (Å²) in [4.78, 5) is 14.1. The van der Waals surface area contributed by atoms with Crippen molar-refractivity contribution >= 4 is 29.0 Å². The maximum Gasteiger partial charge on any atom is 0.226 e. The van der Waals surface area contributed by atoms with Crippen LogP contribution in [0.3, 0.4) is 0 Å². The Labute approximate surface area is 115 Å². The first-order valence-electron chi connectivity index (χ1n) is 6.21. The molecule has 1 unspecified atom stereocenters. The Kier molecular flexibility index (Phi) is 3.26. The van der Waals surface area contributed by atoms with E-state index in [0.29, 0.717) is 12.1 Å². The fraction of sp³-hybridized carbons (Fsp3) is 0.462. The molecule has 3 rings (SSSR count). The van der Waals surface area contributed by atoms with Gasteiger partial charge in [0.1, 0.15) is 0 Å². The van der Waals surface area contributed by atoms with Gasteiger partial charge in [-0.05, 0) is 0 Å². The molecule has 1 saturated heterocycles. The minimum Gasteiger partial charge on any atom is -0.494 e. The normalized spacial score (nSPS) is 22.1. The van der Waals surface area contributed by atoms with Gasteiger partial charge in [0.05, 0.1) is 18.5 Å². The molecule has 2 heterocycles. The number of hydrogen-bond donors (Lipinski definition) is 1. The third-order valence-electron chi connectivity index (χ3n) is 3.50. The number of rotatable bonds is 1. The summed E-state index contributed by atoms with van der Waals surface area (Å²) >= 11 is 1.85. The van der Waals surface area contributed by atoms with Crippen LogP contribution in [0.4, 0.5) is 15.8 Å². The van der Waals surface area contributed by atoms with Gasteiger partial charge in [0.15, 0.2) is 11.6 Å². The molecule has 1 atom stereocenters. The van der Waals surface area contributed by atoms with Crippen molar-refractivity contribution < 1.29 is 13.9 Å². The molecule has 0 bridgehead atoms. The fourth-order valence-corrected chi connectivity index (χ4v) is 3.66. The van der Waals surface area contributed by atoms with E-state index in [2.05, 4.69) is 10.2 Å². The Balaban J connectivity index is 2.09. The first-order valence-corrected chi connectivity index (χ1v) is 7.36. The summed E-state index contributed by atoms with van der Waals surface area (Å²) in [6, 6.07) is 3.20. The van der Waals surface area contributed by atoms with Crippen LogP contribution in [0.2, 0.25) is 0 Å². The maximum atomic E-state index is 13.8. The van der Waals surface area contributed by atoms with Crippen molar-refractivity contribution in [3.05, 3.63) is 17.9 Å². The number of amides is 1. The number of halogens is 1. The van der Waals surface area contributed by atoms with Crippen molar-refractivity contribution in [3.8, 4) is 5.75 Å². The number of hydrogen-bond acceptors (Lipinski definition) is 4. The van der Waals surface area contributed by atoms with Crippen LogP contribution < -0.4 is 15.0 Å². The molecular weight excluding hydrogens is 267 g/mol. The third-order valence-corrected chi connectivity index (χ3v) is 4.59. The van der Waals surface area contributed by atoms with E-state index in [-0.39, 0.29) is 17.7 Å². The number of nitrogens with one attached hydrogen (secondary N) is 1. The lowest BCUT2D eigenvalue weighted by molar-refractivity contribution is -0.116. The minimum atomic E-state index is -0.452. The number of thioether (sulfide) groups is 1. The van der Waals surface area contributed by atoms with E-state index in [1.54, 1.807) is 6.07 Å². The number of nitrogens with zero attached hydrogens (tertiary/aromatic N) is 1. The highest BCUT2D eigenvalue weighted by Crippen LogP contribution is 2.38. The van der Waals surface area contributed by atoms with Crippen LogP contribution in [0.1, 0.15) is 6.42 Å². The number of ether oxygens (including phenoxy) is 1. The van der Waals surface area contributed by atoms with Gasteiger partial charge in [0.2, 0.25) is 5.91 Å². The lowest BCUT2D eigenvalue weighted by atomic mass is 10.1. The first kappa shape index (κ1) is 12.6. The Morgan fingerprint density at radius 1 is 1.53 bits per heavy atom. The van der Waals surface area contributed by atoms with E-state index in [4.69, 9.17) is 4.74 Å². The predicted octanol–water partition coefficient (Wildman–Crippen LogP) is 2.10. The molecule has 0 aromatic heterocycles. The highest BCUT2D eigenvalue weighted by atomic mass is 32.2. The molecule has 4 nitrogen and oxygen atoms in total. The molecule has 6 heteroatoms. The fourth-order valence-electron chi connectivity index (χ4n) is 2.59. The molecule has 0 aliphatic carbocycles. The van der Waals surface area contributed by atoms with Crippen molar-refractivity contribution in [2.75, 3.05) is 35.4 Å². The van der Waals surface area contributed by atoms with Crippen LogP contribution in [-0.4, -0.2) is 37.1 Å². The zero-order chi connectivity index (χ0) is 13.4. The molecule has 2 aliphatic heterocycles. The number of benzene rings is 1. The van der Waals surface area contributed by atoms with Gasteiger partial charge in [0.25, 0.3) is 0 Å². The van der Waals surface area contributed by atoms with Gasteiger partial charge in [-0.2, -0.15) is 11.8 Å². The Morgan fingerprint density at radius 3 is 3.16 bits per heavy atom. The molecule has 19 heavy (non-hydrogen) atoms. The second kappa shape index (κ2) is 4.92. The molecule has 2 aliphatic rings. The summed E-state index contributed by atoms with van der Waals surface area (Å²) in [5.74, 6) is 1.65. The molecule has 0 radical (unpaired) electrons. The van der Waals surface area contributed by atoms with Crippen molar-refractivity contribution in [3.63, 3.8) is 0 Å². The molecule has 1 N–H and O–H groups in total. The number of carbonyl (C=O) groups is 1. The largest absolute Gasteiger partial charge is 0.494 e. The van der Waals surface area contributed by atoms with Crippen LogP contribution in [0.15, 0.2) is 12.1 Å². The van der Waals surface area contributed by atoms with Gasteiger partial charge in [-0.25, -0.2) is 4.39 Å². The second-order valence-electron chi connectivity index (χ2n) is 4.68. The molecule has 1 amide bonds. The summed E-state index contributed by atoms with van der Waals surface area (Å²) in [6.07, 6.45) is 0.450. The summed E-state index contributed by atoms with van der Waals surface area (Å²) in [6.45, 7) is 0.867. The Hall–Kier alpha value is -1.43. The predicted molar refractivity (Wildman–Crippen MR) is 74.7 cm³/mol. The van der Waals surface area contributed by atoms with Crippen molar-refractivity contribution in [1.29, 1.82) is 0 Å². The number of carbonyl (C=O) groups excluding carboxylic acids is 1. The number of fused-ring (bicyclic) bond motifs is 3. The smallest absolute Gasteiger partial charge is 0.226 e. The van der Waals surface area contributed by atoms with Crippen molar-refractivity contribution in [2.24, 2.45) is 0 Å². The van der Waals surface area contributed by atoms with Gasteiger partial charge < -0.3 is 15.0 Å². The minimum absolute atomic E-state index is 0.0548. The topological polar surface area (TPSA) is 41.6 Å². The molecule has 0 saturated carbocycles. The van der Waals surface area contributed by atoms with Crippen molar-refractivity contribution in [2.45, 2.75) is 12.5 Å². The van der Waals surface area contributed by atoms with Gasteiger partial charge in [-0.15, -0.1) is 0 Å². The van der Waals surface area contributed by atoms with E-state index < -0.39 is 5.82 Å².